The Balaban J connectivity index is 1.55. The molecule has 0 spiro atoms. The topological polar surface area (TPSA) is 60.7 Å². The zero-order valence-corrected chi connectivity index (χ0v) is 15.7. The quantitative estimate of drug-likeness (QED) is 0.540. The van der Waals surface area contributed by atoms with Crippen molar-refractivity contribution in [3.8, 4) is 17.1 Å². The molecule has 27 heavy (non-hydrogen) atoms. The first-order valence-corrected chi connectivity index (χ1v) is 10.5. The molecule has 1 unspecified atom stereocenters. The SMILES string of the molecule is CS(=O)c1nn(-c2ncc(-c3cccc(C4CC4)c3)cn2)c2ccccc12. The van der Waals surface area contributed by atoms with Gasteiger partial charge in [0.1, 0.15) is 0 Å². The van der Waals surface area contributed by atoms with Crippen molar-refractivity contribution in [1.29, 1.82) is 0 Å². The van der Waals surface area contributed by atoms with Gasteiger partial charge in [-0.1, -0.05) is 36.4 Å². The average molecular weight is 374 g/mol. The number of aromatic nitrogens is 4. The molecule has 0 N–H and O–H groups in total. The van der Waals surface area contributed by atoms with E-state index in [4.69, 9.17) is 0 Å². The molecule has 0 saturated heterocycles. The lowest BCUT2D eigenvalue weighted by atomic mass is 10.0. The van der Waals surface area contributed by atoms with Crippen molar-refractivity contribution in [3.05, 3.63) is 66.5 Å². The summed E-state index contributed by atoms with van der Waals surface area (Å²) >= 11 is 0. The van der Waals surface area contributed by atoms with Gasteiger partial charge in [0.15, 0.2) is 5.03 Å². The molecule has 1 fully saturated rings. The third-order valence-corrected chi connectivity index (χ3v) is 5.77. The molecule has 1 aliphatic carbocycles. The van der Waals surface area contributed by atoms with Crippen molar-refractivity contribution in [2.75, 3.05) is 6.26 Å². The lowest BCUT2D eigenvalue weighted by molar-refractivity contribution is 0.681. The van der Waals surface area contributed by atoms with Gasteiger partial charge in [-0.05, 0) is 42.0 Å². The van der Waals surface area contributed by atoms with Gasteiger partial charge in [-0.25, -0.2) is 9.97 Å². The van der Waals surface area contributed by atoms with E-state index in [0.29, 0.717) is 16.9 Å². The Morgan fingerprint density at radius 2 is 1.78 bits per heavy atom. The van der Waals surface area contributed by atoms with Crippen LogP contribution in [0.5, 0.6) is 0 Å². The van der Waals surface area contributed by atoms with Crippen molar-refractivity contribution in [3.63, 3.8) is 0 Å². The first-order chi connectivity index (χ1) is 13.2. The van der Waals surface area contributed by atoms with Crippen LogP contribution in [0.15, 0.2) is 66.0 Å². The lowest BCUT2D eigenvalue weighted by Gasteiger charge is -2.06. The second-order valence-corrected chi connectivity index (χ2v) is 8.15. The molecule has 6 heteroatoms. The minimum Gasteiger partial charge on any atom is -0.253 e. The summed E-state index contributed by atoms with van der Waals surface area (Å²) in [5, 5.41) is 5.91. The molecule has 1 atom stereocenters. The molecule has 0 amide bonds. The summed E-state index contributed by atoms with van der Waals surface area (Å²) in [6.07, 6.45) is 7.86. The molecule has 1 aliphatic rings. The molecule has 0 aliphatic heterocycles. The van der Waals surface area contributed by atoms with E-state index >= 15 is 0 Å². The van der Waals surface area contributed by atoms with E-state index in [1.54, 1.807) is 10.9 Å². The smallest absolute Gasteiger partial charge is 0.251 e. The first-order valence-electron chi connectivity index (χ1n) is 8.94. The Morgan fingerprint density at radius 1 is 1.00 bits per heavy atom. The van der Waals surface area contributed by atoms with Crippen LogP contribution in [-0.4, -0.2) is 30.2 Å². The minimum atomic E-state index is -1.18. The zero-order chi connectivity index (χ0) is 18.4. The van der Waals surface area contributed by atoms with Gasteiger partial charge < -0.3 is 0 Å². The standard InChI is InChI=1S/C21H18N4OS/c1-27(26)20-18-7-2-3-8-19(18)25(24-20)21-22-12-17(13-23-21)16-6-4-5-15(11-16)14-9-10-14/h2-8,11-14H,9-10H2,1H3. The molecule has 5 nitrogen and oxygen atoms in total. The van der Waals surface area contributed by atoms with E-state index in [0.717, 1.165) is 22.0 Å². The number of benzene rings is 2. The van der Waals surface area contributed by atoms with Gasteiger partial charge in [0.05, 0.1) is 16.3 Å². The molecule has 4 aromatic rings. The molecule has 2 aromatic carbocycles. The summed E-state index contributed by atoms with van der Waals surface area (Å²) < 4.78 is 13.7. The van der Waals surface area contributed by atoms with Gasteiger partial charge in [0, 0.05) is 29.6 Å². The fourth-order valence-electron chi connectivity index (χ4n) is 3.37. The highest BCUT2D eigenvalue weighted by atomic mass is 32.2. The van der Waals surface area contributed by atoms with Crippen LogP contribution in [0.3, 0.4) is 0 Å². The zero-order valence-electron chi connectivity index (χ0n) is 14.9. The normalized spacial score (nSPS) is 15.1. The number of rotatable bonds is 4. The summed E-state index contributed by atoms with van der Waals surface area (Å²) in [5.74, 6) is 1.19. The number of fused-ring (bicyclic) bond motifs is 1. The van der Waals surface area contributed by atoms with Gasteiger partial charge in [-0.15, -0.1) is 0 Å². The highest BCUT2D eigenvalue weighted by Gasteiger charge is 2.23. The number of hydrogen-bond acceptors (Lipinski definition) is 4. The molecular formula is C21H18N4OS. The Kier molecular flexibility index (Phi) is 3.86. The monoisotopic (exact) mass is 374 g/mol. The van der Waals surface area contributed by atoms with E-state index in [1.165, 1.54) is 18.4 Å². The van der Waals surface area contributed by atoms with E-state index in [9.17, 15) is 4.21 Å². The van der Waals surface area contributed by atoms with Crippen molar-refractivity contribution < 1.29 is 4.21 Å². The van der Waals surface area contributed by atoms with Crippen LogP contribution < -0.4 is 0 Å². The Hall–Kier alpha value is -2.86. The van der Waals surface area contributed by atoms with E-state index in [1.807, 2.05) is 36.7 Å². The number of hydrogen-bond donors (Lipinski definition) is 0. The molecule has 134 valence electrons. The van der Waals surface area contributed by atoms with Gasteiger partial charge in [-0.2, -0.15) is 9.78 Å². The van der Waals surface area contributed by atoms with Crippen LogP contribution >= 0.6 is 0 Å². The fourth-order valence-corrected chi connectivity index (χ4v) is 4.05. The van der Waals surface area contributed by atoms with Crippen molar-refractivity contribution in [2.45, 2.75) is 23.8 Å². The Labute approximate surface area is 159 Å². The van der Waals surface area contributed by atoms with E-state index < -0.39 is 10.8 Å². The fraction of sp³-hybridized carbons (Fsp3) is 0.190. The largest absolute Gasteiger partial charge is 0.253 e. The highest BCUT2D eigenvalue weighted by molar-refractivity contribution is 7.84. The second kappa shape index (κ2) is 6.39. The number of para-hydroxylation sites is 1. The maximum Gasteiger partial charge on any atom is 0.251 e. The summed E-state index contributed by atoms with van der Waals surface area (Å²) in [4.78, 5) is 9.06. The maximum absolute atomic E-state index is 12.0. The Morgan fingerprint density at radius 3 is 2.52 bits per heavy atom. The number of nitrogens with zero attached hydrogens (tertiary/aromatic N) is 4. The average Bonchev–Trinajstić information content (AvgIpc) is 3.48. The van der Waals surface area contributed by atoms with Crippen LogP contribution in [0.4, 0.5) is 0 Å². The molecule has 1 saturated carbocycles. The van der Waals surface area contributed by atoms with Gasteiger partial charge in [-0.3, -0.25) is 4.21 Å². The van der Waals surface area contributed by atoms with E-state index in [-0.39, 0.29) is 0 Å². The van der Waals surface area contributed by atoms with Crippen molar-refractivity contribution >= 4 is 21.7 Å². The highest BCUT2D eigenvalue weighted by Crippen LogP contribution is 2.41. The van der Waals surface area contributed by atoms with Crippen LogP contribution in [0.25, 0.3) is 28.0 Å². The van der Waals surface area contributed by atoms with Gasteiger partial charge >= 0.3 is 0 Å². The molecule has 0 bridgehead atoms. The van der Waals surface area contributed by atoms with Crippen molar-refractivity contribution in [1.82, 2.24) is 19.7 Å². The van der Waals surface area contributed by atoms with Crippen LogP contribution in [0, 0.1) is 0 Å². The molecule has 5 rings (SSSR count). The molecular weight excluding hydrogens is 356 g/mol. The lowest BCUT2D eigenvalue weighted by Crippen LogP contribution is -2.03. The first kappa shape index (κ1) is 16.3. The van der Waals surface area contributed by atoms with Gasteiger partial charge in [0.25, 0.3) is 5.95 Å². The second-order valence-electron chi connectivity index (χ2n) is 6.86. The van der Waals surface area contributed by atoms with Crippen LogP contribution in [0.1, 0.15) is 24.3 Å². The summed E-state index contributed by atoms with van der Waals surface area (Å²) in [6.45, 7) is 0. The Bertz CT molecular complexity index is 1160. The maximum atomic E-state index is 12.0. The summed E-state index contributed by atoms with van der Waals surface area (Å²) in [6, 6.07) is 16.3. The summed E-state index contributed by atoms with van der Waals surface area (Å²) in [5.41, 5.74) is 4.36. The third-order valence-electron chi connectivity index (χ3n) is 4.92. The predicted molar refractivity (Wildman–Crippen MR) is 106 cm³/mol. The third kappa shape index (κ3) is 2.96. The van der Waals surface area contributed by atoms with Crippen molar-refractivity contribution in [2.24, 2.45) is 0 Å². The minimum absolute atomic E-state index is 0.477. The summed E-state index contributed by atoms with van der Waals surface area (Å²) in [7, 11) is -1.18. The van der Waals surface area contributed by atoms with Crippen LogP contribution in [-0.2, 0) is 10.8 Å². The molecule has 0 radical (unpaired) electrons. The van der Waals surface area contributed by atoms with E-state index in [2.05, 4.69) is 39.3 Å². The van der Waals surface area contributed by atoms with Gasteiger partial charge in [0.2, 0.25) is 0 Å². The predicted octanol–water partition coefficient (Wildman–Crippen LogP) is 4.10. The molecule has 2 heterocycles. The van der Waals surface area contributed by atoms with Crippen LogP contribution in [0.2, 0.25) is 0 Å². The molecule has 2 aromatic heterocycles.